The van der Waals surface area contributed by atoms with Gasteiger partial charge in [0.15, 0.2) is 5.76 Å². The molecule has 150 valence electrons. The van der Waals surface area contributed by atoms with Gasteiger partial charge in [-0.25, -0.2) is 10.4 Å². The molecular formula is C21H17N5O4. The lowest BCUT2D eigenvalue weighted by atomic mass is 10.1. The number of amides is 1. The average molecular weight is 403 g/mol. The minimum Gasteiger partial charge on any atom is -0.400 e. The molecule has 0 aliphatic heterocycles. The maximum atomic E-state index is 12.5. The SMILES string of the molecule is O=C(Cn1c(Cc2ccccc2)nc2ccccc21)N/N=C/c1ccc([N+](=O)[O-])o1. The Balaban J connectivity index is 1.50. The number of nitro groups is 1. The number of rotatable bonds is 7. The van der Waals surface area contributed by atoms with Crippen molar-refractivity contribution in [3.8, 4) is 0 Å². The Labute approximate surface area is 170 Å². The van der Waals surface area contributed by atoms with Crippen LogP contribution in [0.4, 0.5) is 5.88 Å². The number of carbonyl (C=O) groups excluding carboxylic acids is 1. The molecule has 9 nitrogen and oxygen atoms in total. The zero-order chi connectivity index (χ0) is 20.9. The van der Waals surface area contributed by atoms with Crippen LogP contribution in [0.1, 0.15) is 17.1 Å². The first-order valence-corrected chi connectivity index (χ1v) is 9.14. The first-order valence-electron chi connectivity index (χ1n) is 9.14. The molecule has 4 rings (SSSR count). The maximum Gasteiger partial charge on any atom is 0.433 e. The fraction of sp³-hybridized carbons (Fsp3) is 0.0952. The van der Waals surface area contributed by atoms with E-state index in [2.05, 4.69) is 15.5 Å². The van der Waals surface area contributed by atoms with Gasteiger partial charge in [-0.2, -0.15) is 5.10 Å². The summed E-state index contributed by atoms with van der Waals surface area (Å²) in [6.07, 6.45) is 1.80. The third kappa shape index (κ3) is 4.25. The highest BCUT2D eigenvalue weighted by Gasteiger charge is 2.14. The summed E-state index contributed by atoms with van der Waals surface area (Å²) in [6.45, 7) is 0.0261. The molecule has 9 heteroatoms. The van der Waals surface area contributed by atoms with Crippen LogP contribution in [0, 0.1) is 10.1 Å². The number of hydrazone groups is 1. The van der Waals surface area contributed by atoms with Gasteiger partial charge < -0.3 is 8.98 Å². The van der Waals surface area contributed by atoms with Crippen LogP contribution in [-0.4, -0.2) is 26.6 Å². The third-order valence-corrected chi connectivity index (χ3v) is 4.41. The van der Waals surface area contributed by atoms with Crippen LogP contribution in [0.2, 0.25) is 0 Å². The zero-order valence-corrected chi connectivity index (χ0v) is 15.8. The van der Waals surface area contributed by atoms with Gasteiger partial charge in [-0.1, -0.05) is 42.5 Å². The van der Waals surface area contributed by atoms with Gasteiger partial charge in [-0.3, -0.25) is 14.9 Å². The number of hydrogen-bond acceptors (Lipinski definition) is 6. The van der Waals surface area contributed by atoms with Crippen molar-refractivity contribution in [2.24, 2.45) is 5.10 Å². The van der Waals surface area contributed by atoms with Gasteiger partial charge in [0.1, 0.15) is 17.3 Å². The summed E-state index contributed by atoms with van der Waals surface area (Å²) in [5.74, 6) is 0.186. The van der Waals surface area contributed by atoms with Crippen molar-refractivity contribution in [1.29, 1.82) is 0 Å². The number of nitrogens with zero attached hydrogens (tertiary/aromatic N) is 4. The summed E-state index contributed by atoms with van der Waals surface area (Å²) in [5.41, 5.74) is 5.16. The fourth-order valence-corrected chi connectivity index (χ4v) is 3.07. The van der Waals surface area contributed by atoms with Gasteiger partial charge in [0, 0.05) is 6.42 Å². The number of para-hydroxylation sites is 2. The van der Waals surface area contributed by atoms with Gasteiger partial charge in [0.2, 0.25) is 0 Å². The van der Waals surface area contributed by atoms with Crippen LogP contribution < -0.4 is 5.43 Å². The van der Waals surface area contributed by atoms with Gasteiger partial charge in [0.05, 0.1) is 23.3 Å². The standard InChI is InChI=1S/C21H17N5O4/c27-20(24-22-13-16-10-11-21(30-16)26(28)29)14-25-18-9-5-4-8-17(18)23-19(25)12-15-6-2-1-3-7-15/h1-11,13H,12,14H2,(H,24,27)/b22-13+. The Morgan fingerprint density at radius 2 is 1.90 bits per heavy atom. The maximum absolute atomic E-state index is 12.5. The lowest BCUT2D eigenvalue weighted by Gasteiger charge is -2.08. The molecule has 0 atom stereocenters. The topological polar surface area (TPSA) is 116 Å². The van der Waals surface area contributed by atoms with E-state index < -0.39 is 10.8 Å². The second-order valence-electron chi connectivity index (χ2n) is 6.49. The van der Waals surface area contributed by atoms with Crippen LogP contribution in [0.25, 0.3) is 11.0 Å². The van der Waals surface area contributed by atoms with Crippen molar-refractivity contribution in [2.75, 3.05) is 0 Å². The van der Waals surface area contributed by atoms with Crippen molar-refractivity contribution < 1.29 is 14.1 Å². The van der Waals surface area contributed by atoms with Crippen LogP contribution in [0.3, 0.4) is 0 Å². The summed E-state index contributed by atoms with van der Waals surface area (Å²) >= 11 is 0. The van der Waals surface area contributed by atoms with Gasteiger partial charge in [0.25, 0.3) is 5.91 Å². The Morgan fingerprint density at radius 3 is 2.67 bits per heavy atom. The molecule has 0 spiro atoms. The van der Waals surface area contributed by atoms with Gasteiger partial charge >= 0.3 is 5.88 Å². The van der Waals surface area contributed by atoms with E-state index in [0.29, 0.717) is 6.42 Å². The molecular weight excluding hydrogens is 386 g/mol. The monoisotopic (exact) mass is 403 g/mol. The molecule has 4 aromatic rings. The van der Waals surface area contributed by atoms with Crippen LogP contribution in [0.15, 0.2) is 76.2 Å². The predicted molar refractivity (Wildman–Crippen MR) is 110 cm³/mol. The van der Waals surface area contributed by atoms with Crippen LogP contribution >= 0.6 is 0 Å². The number of aromatic nitrogens is 2. The minimum atomic E-state index is -0.645. The highest BCUT2D eigenvalue weighted by molar-refractivity contribution is 5.83. The first kappa shape index (κ1) is 19.1. The smallest absolute Gasteiger partial charge is 0.400 e. The Hall–Kier alpha value is -4.27. The summed E-state index contributed by atoms with van der Waals surface area (Å²) in [6, 6.07) is 20.1. The molecule has 0 radical (unpaired) electrons. The van der Waals surface area contributed by atoms with Crippen molar-refractivity contribution in [3.63, 3.8) is 0 Å². The second kappa shape index (κ2) is 8.39. The summed E-state index contributed by atoms with van der Waals surface area (Å²) in [7, 11) is 0. The lowest BCUT2D eigenvalue weighted by molar-refractivity contribution is -0.402. The van der Waals surface area contributed by atoms with Crippen molar-refractivity contribution >= 4 is 29.0 Å². The van der Waals surface area contributed by atoms with Crippen LogP contribution in [-0.2, 0) is 17.8 Å². The number of furan rings is 1. The number of carbonyl (C=O) groups is 1. The van der Waals surface area contributed by atoms with Crippen molar-refractivity contribution in [2.45, 2.75) is 13.0 Å². The van der Waals surface area contributed by atoms with E-state index in [-0.39, 0.29) is 18.2 Å². The number of hydrogen-bond donors (Lipinski definition) is 1. The molecule has 0 unspecified atom stereocenters. The lowest BCUT2D eigenvalue weighted by Crippen LogP contribution is -2.24. The number of nitrogens with one attached hydrogen (secondary N) is 1. The minimum absolute atomic E-state index is 0.0261. The molecule has 1 N–H and O–H groups in total. The molecule has 0 saturated carbocycles. The Kier molecular flexibility index (Phi) is 5.33. The molecule has 2 heterocycles. The van der Waals surface area contributed by atoms with E-state index in [1.165, 1.54) is 18.3 Å². The molecule has 0 saturated heterocycles. The van der Waals surface area contributed by atoms with Gasteiger partial charge in [-0.15, -0.1) is 0 Å². The number of imidazole rings is 1. The summed E-state index contributed by atoms with van der Waals surface area (Å²) in [5, 5.41) is 14.4. The molecule has 2 aromatic carbocycles. The van der Waals surface area contributed by atoms with E-state index >= 15 is 0 Å². The average Bonchev–Trinajstić information content (AvgIpc) is 3.34. The largest absolute Gasteiger partial charge is 0.433 e. The van der Waals surface area contributed by atoms with E-state index in [9.17, 15) is 14.9 Å². The highest BCUT2D eigenvalue weighted by atomic mass is 16.6. The van der Waals surface area contributed by atoms with E-state index in [0.717, 1.165) is 22.4 Å². The quantitative estimate of drug-likeness (QED) is 0.289. The van der Waals surface area contributed by atoms with E-state index in [4.69, 9.17) is 4.42 Å². The van der Waals surface area contributed by atoms with Gasteiger partial charge in [-0.05, 0) is 23.8 Å². The normalized spacial score (nSPS) is 11.2. The fourth-order valence-electron chi connectivity index (χ4n) is 3.07. The third-order valence-electron chi connectivity index (χ3n) is 4.41. The number of fused-ring (bicyclic) bond motifs is 1. The Bertz CT molecular complexity index is 1230. The molecule has 0 bridgehead atoms. The summed E-state index contributed by atoms with van der Waals surface area (Å²) in [4.78, 5) is 27.1. The van der Waals surface area contributed by atoms with Crippen molar-refractivity contribution in [1.82, 2.24) is 15.0 Å². The first-order chi connectivity index (χ1) is 14.6. The zero-order valence-electron chi connectivity index (χ0n) is 15.8. The molecule has 30 heavy (non-hydrogen) atoms. The Morgan fingerprint density at radius 1 is 1.13 bits per heavy atom. The molecule has 0 aliphatic carbocycles. The summed E-state index contributed by atoms with van der Waals surface area (Å²) < 4.78 is 6.81. The molecule has 0 aliphatic rings. The molecule has 0 fully saturated rings. The molecule has 2 aromatic heterocycles. The van der Waals surface area contributed by atoms with E-state index in [1.54, 1.807) is 0 Å². The van der Waals surface area contributed by atoms with Crippen LogP contribution in [0.5, 0.6) is 0 Å². The number of benzene rings is 2. The second-order valence-corrected chi connectivity index (χ2v) is 6.49. The van der Waals surface area contributed by atoms with E-state index in [1.807, 2.05) is 59.2 Å². The molecule has 1 amide bonds. The predicted octanol–water partition coefficient (Wildman–Crippen LogP) is 3.28. The highest BCUT2D eigenvalue weighted by Crippen LogP contribution is 2.18. The van der Waals surface area contributed by atoms with Crippen molar-refractivity contribution in [3.05, 3.63) is 94.0 Å².